The zero-order chi connectivity index (χ0) is 12.1. The highest BCUT2D eigenvalue weighted by molar-refractivity contribution is 5.23. The molecule has 0 aliphatic rings. The van der Waals surface area contributed by atoms with Gasteiger partial charge in [0.2, 0.25) is 0 Å². The number of nitrogens with one attached hydrogen (secondary N) is 1. The molecule has 1 rings (SSSR count). The number of rotatable bonds is 5. The van der Waals surface area contributed by atoms with E-state index in [2.05, 4.69) is 17.1 Å². The fourth-order valence-electron chi connectivity index (χ4n) is 1.69. The maximum absolute atomic E-state index is 13.5. The summed E-state index contributed by atoms with van der Waals surface area (Å²) in [6.07, 6.45) is 0. The first-order chi connectivity index (χ1) is 7.49. The summed E-state index contributed by atoms with van der Waals surface area (Å²) in [6.45, 7) is 5.54. The van der Waals surface area contributed by atoms with Crippen molar-refractivity contribution in [2.24, 2.45) is 0 Å². The molecule has 0 spiro atoms. The van der Waals surface area contributed by atoms with E-state index >= 15 is 0 Å². The summed E-state index contributed by atoms with van der Waals surface area (Å²) < 4.78 is 13.5. The van der Waals surface area contributed by atoms with Gasteiger partial charge in [-0.1, -0.05) is 12.1 Å². The Morgan fingerprint density at radius 2 is 2.06 bits per heavy atom. The Balaban J connectivity index is 2.48. The Kier molecular flexibility index (Phi) is 4.90. The lowest BCUT2D eigenvalue weighted by Gasteiger charge is -2.18. The summed E-state index contributed by atoms with van der Waals surface area (Å²) in [6, 6.07) is 5.72. The lowest BCUT2D eigenvalue weighted by molar-refractivity contribution is 0.348. The molecule has 1 unspecified atom stereocenters. The van der Waals surface area contributed by atoms with Crippen LogP contribution in [0.4, 0.5) is 4.39 Å². The largest absolute Gasteiger partial charge is 0.309 e. The predicted molar refractivity (Wildman–Crippen MR) is 66.0 cm³/mol. The van der Waals surface area contributed by atoms with Crippen molar-refractivity contribution >= 4 is 0 Å². The van der Waals surface area contributed by atoms with Gasteiger partial charge in [-0.2, -0.15) is 0 Å². The maximum atomic E-state index is 13.5. The van der Waals surface area contributed by atoms with Crippen LogP contribution < -0.4 is 5.32 Å². The number of aryl methyl sites for hydroxylation is 1. The van der Waals surface area contributed by atoms with E-state index in [1.807, 2.05) is 33.2 Å². The number of halogens is 1. The molecule has 3 heteroatoms. The normalized spacial score (nSPS) is 13.1. The van der Waals surface area contributed by atoms with Gasteiger partial charge >= 0.3 is 0 Å². The predicted octanol–water partition coefficient (Wildman–Crippen LogP) is 2.17. The first kappa shape index (κ1) is 13.1. The van der Waals surface area contributed by atoms with Crippen LogP contribution in [0.1, 0.15) is 18.1 Å². The third-order valence-corrected chi connectivity index (χ3v) is 2.49. The molecule has 0 heterocycles. The van der Waals surface area contributed by atoms with E-state index in [1.165, 1.54) is 0 Å². The molecule has 0 bridgehead atoms. The summed E-state index contributed by atoms with van der Waals surface area (Å²) in [5.74, 6) is -0.121. The van der Waals surface area contributed by atoms with E-state index in [9.17, 15) is 4.39 Å². The lowest BCUT2D eigenvalue weighted by Crippen LogP contribution is -2.35. The van der Waals surface area contributed by atoms with Crippen molar-refractivity contribution in [2.75, 3.05) is 20.6 Å². The Hall–Kier alpha value is -0.930. The molecule has 1 aromatic carbocycles. The van der Waals surface area contributed by atoms with Crippen LogP contribution in [0.2, 0.25) is 0 Å². The molecule has 0 saturated carbocycles. The zero-order valence-corrected chi connectivity index (χ0v) is 10.5. The molecule has 0 aromatic heterocycles. The van der Waals surface area contributed by atoms with Gasteiger partial charge in [0.15, 0.2) is 0 Å². The molecule has 16 heavy (non-hydrogen) atoms. The molecule has 2 nitrogen and oxygen atoms in total. The van der Waals surface area contributed by atoms with Crippen molar-refractivity contribution in [1.82, 2.24) is 10.2 Å². The highest BCUT2D eigenvalue weighted by Crippen LogP contribution is 2.09. The van der Waals surface area contributed by atoms with Crippen LogP contribution in [0.15, 0.2) is 18.2 Å². The summed E-state index contributed by atoms with van der Waals surface area (Å²) in [7, 11) is 4.06. The number of hydrogen-bond acceptors (Lipinski definition) is 2. The quantitative estimate of drug-likeness (QED) is 0.824. The molecule has 1 aromatic rings. The summed E-state index contributed by atoms with van der Waals surface area (Å²) in [4.78, 5) is 2.11. The third kappa shape index (κ3) is 4.29. The minimum Gasteiger partial charge on any atom is -0.309 e. The second-order valence-electron chi connectivity index (χ2n) is 4.64. The van der Waals surface area contributed by atoms with Crippen LogP contribution in [0.3, 0.4) is 0 Å². The van der Waals surface area contributed by atoms with Crippen LogP contribution in [-0.2, 0) is 6.54 Å². The molecule has 90 valence electrons. The van der Waals surface area contributed by atoms with Gasteiger partial charge in [0.05, 0.1) is 0 Å². The van der Waals surface area contributed by atoms with Gasteiger partial charge < -0.3 is 10.2 Å². The lowest BCUT2D eigenvalue weighted by atomic mass is 10.1. The van der Waals surface area contributed by atoms with Crippen molar-refractivity contribution in [3.05, 3.63) is 35.1 Å². The van der Waals surface area contributed by atoms with E-state index in [1.54, 1.807) is 6.07 Å². The second kappa shape index (κ2) is 5.97. The zero-order valence-electron chi connectivity index (χ0n) is 10.5. The van der Waals surface area contributed by atoms with Crippen molar-refractivity contribution in [1.29, 1.82) is 0 Å². The molecule has 0 saturated heterocycles. The van der Waals surface area contributed by atoms with Gasteiger partial charge in [-0.15, -0.1) is 0 Å². The third-order valence-electron chi connectivity index (χ3n) is 2.49. The van der Waals surface area contributed by atoms with E-state index in [-0.39, 0.29) is 5.82 Å². The van der Waals surface area contributed by atoms with Gasteiger partial charge in [0.1, 0.15) is 5.82 Å². The van der Waals surface area contributed by atoms with Gasteiger partial charge in [0, 0.05) is 24.7 Å². The second-order valence-corrected chi connectivity index (χ2v) is 4.64. The Bertz CT molecular complexity index is 337. The van der Waals surface area contributed by atoms with E-state index in [4.69, 9.17) is 0 Å². The van der Waals surface area contributed by atoms with E-state index < -0.39 is 0 Å². The highest BCUT2D eigenvalue weighted by Gasteiger charge is 2.05. The standard InChI is InChI=1S/C13H21FN2/c1-10-5-6-12(13(14)7-10)8-15-11(2)9-16(3)4/h5-7,11,15H,8-9H2,1-4H3. The first-order valence-corrected chi connectivity index (χ1v) is 5.62. The first-order valence-electron chi connectivity index (χ1n) is 5.62. The maximum Gasteiger partial charge on any atom is 0.127 e. The van der Waals surface area contributed by atoms with Gasteiger partial charge in [0.25, 0.3) is 0 Å². The Morgan fingerprint density at radius 3 is 2.62 bits per heavy atom. The summed E-state index contributed by atoms with van der Waals surface area (Å²) in [5, 5.41) is 3.31. The molecule has 0 aliphatic heterocycles. The number of likely N-dealkylation sites (N-methyl/N-ethyl adjacent to an activating group) is 1. The number of benzene rings is 1. The van der Waals surface area contributed by atoms with Crippen LogP contribution >= 0.6 is 0 Å². The average Bonchev–Trinajstić information content (AvgIpc) is 2.15. The summed E-state index contributed by atoms with van der Waals surface area (Å²) >= 11 is 0. The van der Waals surface area contributed by atoms with Crippen molar-refractivity contribution in [2.45, 2.75) is 26.4 Å². The minimum atomic E-state index is -0.121. The van der Waals surface area contributed by atoms with E-state index in [0.717, 1.165) is 17.7 Å². The fraction of sp³-hybridized carbons (Fsp3) is 0.538. The van der Waals surface area contributed by atoms with Crippen LogP contribution in [0.25, 0.3) is 0 Å². The van der Waals surface area contributed by atoms with Crippen LogP contribution in [0.5, 0.6) is 0 Å². The van der Waals surface area contributed by atoms with Crippen LogP contribution in [0, 0.1) is 12.7 Å². The Morgan fingerprint density at radius 1 is 1.38 bits per heavy atom. The molecule has 0 amide bonds. The number of hydrogen-bond donors (Lipinski definition) is 1. The smallest absolute Gasteiger partial charge is 0.127 e. The van der Waals surface area contributed by atoms with Gasteiger partial charge in [-0.3, -0.25) is 0 Å². The van der Waals surface area contributed by atoms with Crippen molar-refractivity contribution in [3.63, 3.8) is 0 Å². The fourth-order valence-corrected chi connectivity index (χ4v) is 1.69. The Labute approximate surface area is 97.5 Å². The van der Waals surface area contributed by atoms with Gasteiger partial charge in [-0.05, 0) is 39.6 Å². The monoisotopic (exact) mass is 224 g/mol. The molecule has 1 N–H and O–H groups in total. The van der Waals surface area contributed by atoms with Crippen molar-refractivity contribution in [3.8, 4) is 0 Å². The van der Waals surface area contributed by atoms with Gasteiger partial charge in [-0.25, -0.2) is 4.39 Å². The number of nitrogens with zero attached hydrogens (tertiary/aromatic N) is 1. The molecule has 0 fully saturated rings. The summed E-state index contributed by atoms with van der Waals surface area (Å²) in [5.41, 5.74) is 1.69. The average molecular weight is 224 g/mol. The molecule has 0 radical (unpaired) electrons. The van der Waals surface area contributed by atoms with E-state index in [0.29, 0.717) is 12.6 Å². The van der Waals surface area contributed by atoms with Crippen LogP contribution in [-0.4, -0.2) is 31.6 Å². The highest BCUT2D eigenvalue weighted by atomic mass is 19.1. The molecular weight excluding hydrogens is 203 g/mol. The molecular formula is C13H21FN2. The SMILES string of the molecule is Cc1ccc(CNC(C)CN(C)C)c(F)c1. The topological polar surface area (TPSA) is 15.3 Å². The minimum absolute atomic E-state index is 0.121. The molecule has 1 atom stereocenters. The van der Waals surface area contributed by atoms with Crippen molar-refractivity contribution < 1.29 is 4.39 Å². The molecule has 0 aliphatic carbocycles.